The molecule has 0 spiro atoms. The van der Waals surface area contributed by atoms with Gasteiger partial charge in [-0.1, -0.05) is 19.3 Å². The molecule has 0 aliphatic heterocycles. The van der Waals surface area contributed by atoms with Gasteiger partial charge in [-0.25, -0.2) is 0 Å². The van der Waals surface area contributed by atoms with Gasteiger partial charge in [0.2, 0.25) is 5.91 Å². The third-order valence-electron chi connectivity index (χ3n) is 3.69. The van der Waals surface area contributed by atoms with E-state index in [0.717, 1.165) is 25.7 Å². The molecule has 3 N–H and O–H groups in total. The first-order valence-corrected chi connectivity index (χ1v) is 8.59. The zero-order valence-electron chi connectivity index (χ0n) is 12.3. The Morgan fingerprint density at radius 2 is 2.10 bits per heavy atom. The van der Waals surface area contributed by atoms with Crippen molar-refractivity contribution in [2.24, 2.45) is 0 Å². The predicted octanol–water partition coefficient (Wildman–Crippen LogP) is 2.30. The summed E-state index contributed by atoms with van der Waals surface area (Å²) >= 11 is 0. The van der Waals surface area contributed by atoms with E-state index in [1.807, 2.05) is 0 Å². The number of carbonyl (C=O) groups excluding carboxylic acids is 1. The van der Waals surface area contributed by atoms with Gasteiger partial charge in [-0.15, -0.1) is 0 Å². The van der Waals surface area contributed by atoms with Gasteiger partial charge in [0.15, 0.2) is 0 Å². The van der Waals surface area contributed by atoms with E-state index in [0.29, 0.717) is 17.1 Å². The Bertz CT molecular complexity index is 528. The van der Waals surface area contributed by atoms with Crippen LogP contribution in [-0.2, 0) is 15.6 Å². The molecule has 0 aromatic heterocycles. The van der Waals surface area contributed by atoms with Crippen molar-refractivity contribution in [3.8, 4) is 5.75 Å². The Balaban J connectivity index is 1.95. The minimum atomic E-state index is -1.11. The highest BCUT2D eigenvalue weighted by molar-refractivity contribution is 7.86. The molecule has 0 radical (unpaired) electrons. The van der Waals surface area contributed by atoms with Crippen molar-refractivity contribution in [2.75, 3.05) is 23.9 Å². The van der Waals surface area contributed by atoms with Crippen LogP contribution in [0.2, 0.25) is 0 Å². The fourth-order valence-corrected chi connectivity index (χ4v) is 4.01. The van der Waals surface area contributed by atoms with Crippen LogP contribution in [0.4, 0.5) is 11.4 Å². The number of nitrogen functional groups attached to an aromatic ring is 1. The highest BCUT2D eigenvalue weighted by Gasteiger charge is 2.22. The number of nitrogens with two attached hydrogens (primary N) is 1. The SMILES string of the molecule is COc1ccc(N)cc1NC(=O)CS(=O)C1CCCCC1. The van der Waals surface area contributed by atoms with Gasteiger partial charge in [0, 0.05) is 21.7 Å². The van der Waals surface area contributed by atoms with Gasteiger partial charge >= 0.3 is 0 Å². The maximum atomic E-state index is 12.2. The molecule has 1 aromatic carbocycles. The molecule has 21 heavy (non-hydrogen) atoms. The summed E-state index contributed by atoms with van der Waals surface area (Å²) in [6, 6.07) is 5.04. The number of methoxy groups -OCH3 is 1. The number of anilines is 2. The van der Waals surface area contributed by atoms with Crippen LogP contribution in [-0.4, -0.2) is 28.2 Å². The van der Waals surface area contributed by atoms with Crippen LogP contribution in [0.15, 0.2) is 18.2 Å². The molecule has 0 heterocycles. The van der Waals surface area contributed by atoms with E-state index in [1.54, 1.807) is 18.2 Å². The second-order valence-electron chi connectivity index (χ2n) is 5.29. The van der Waals surface area contributed by atoms with Crippen molar-refractivity contribution in [2.45, 2.75) is 37.4 Å². The maximum absolute atomic E-state index is 12.2. The van der Waals surface area contributed by atoms with E-state index in [1.165, 1.54) is 13.5 Å². The summed E-state index contributed by atoms with van der Waals surface area (Å²) in [7, 11) is 0.421. The lowest BCUT2D eigenvalue weighted by molar-refractivity contribution is -0.113. The number of rotatable bonds is 5. The van der Waals surface area contributed by atoms with Gasteiger partial charge < -0.3 is 15.8 Å². The second kappa shape index (κ2) is 7.45. The molecular formula is C15H22N2O3S. The first-order valence-electron chi connectivity index (χ1n) is 7.20. The Morgan fingerprint density at radius 3 is 2.76 bits per heavy atom. The molecule has 5 nitrogen and oxygen atoms in total. The summed E-state index contributed by atoms with van der Waals surface area (Å²) in [5.74, 6) is 0.312. The number of amides is 1. The van der Waals surface area contributed by atoms with Crippen LogP contribution < -0.4 is 15.8 Å². The maximum Gasteiger partial charge on any atom is 0.237 e. The standard InChI is InChI=1S/C15H22N2O3S/c1-20-14-8-7-11(16)9-13(14)17-15(18)10-21(19)12-5-3-2-4-6-12/h7-9,12H,2-6,10,16H2,1H3,(H,17,18). The minimum Gasteiger partial charge on any atom is -0.495 e. The summed E-state index contributed by atoms with van der Waals surface area (Å²) in [5, 5.41) is 2.89. The van der Waals surface area contributed by atoms with Gasteiger partial charge in [0.1, 0.15) is 11.5 Å². The highest BCUT2D eigenvalue weighted by Crippen LogP contribution is 2.27. The number of ether oxygens (including phenoxy) is 1. The van der Waals surface area contributed by atoms with Crippen LogP contribution in [0.25, 0.3) is 0 Å². The summed E-state index contributed by atoms with van der Waals surface area (Å²) in [6.45, 7) is 0. The van der Waals surface area contributed by atoms with Crippen molar-refractivity contribution in [1.29, 1.82) is 0 Å². The molecule has 1 atom stereocenters. The van der Waals surface area contributed by atoms with E-state index in [4.69, 9.17) is 10.5 Å². The summed E-state index contributed by atoms with van der Waals surface area (Å²) in [5.41, 5.74) is 6.77. The fourth-order valence-electron chi connectivity index (χ4n) is 2.58. The third kappa shape index (κ3) is 4.46. The average molecular weight is 310 g/mol. The summed E-state index contributed by atoms with van der Waals surface area (Å²) in [4.78, 5) is 12.0. The first-order chi connectivity index (χ1) is 10.1. The first kappa shape index (κ1) is 15.8. The van der Waals surface area contributed by atoms with Crippen LogP contribution in [0.3, 0.4) is 0 Å². The molecule has 0 saturated heterocycles. The second-order valence-corrected chi connectivity index (χ2v) is 7.01. The van der Waals surface area contributed by atoms with Crippen LogP contribution >= 0.6 is 0 Å². The van der Waals surface area contributed by atoms with E-state index in [9.17, 15) is 9.00 Å². The van der Waals surface area contributed by atoms with Crippen molar-refractivity contribution in [3.63, 3.8) is 0 Å². The molecule has 6 heteroatoms. The summed E-state index contributed by atoms with van der Waals surface area (Å²) in [6.07, 6.45) is 5.35. The van der Waals surface area contributed by atoms with Gasteiger partial charge in [0.05, 0.1) is 12.8 Å². The molecule has 1 saturated carbocycles. The molecule has 1 fully saturated rings. The smallest absolute Gasteiger partial charge is 0.237 e. The number of carbonyl (C=O) groups is 1. The molecule has 1 aromatic rings. The zero-order chi connectivity index (χ0) is 15.2. The van der Waals surface area contributed by atoms with E-state index in [2.05, 4.69) is 5.32 Å². The van der Waals surface area contributed by atoms with Crippen LogP contribution in [0, 0.1) is 0 Å². The van der Waals surface area contributed by atoms with E-state index < -0.39 is 10.8 Å². The predicted molar refractivity (Wildman–Crippen MR) is 85.9 cm³/mol. The number of benzene rings is 1. The largest absolute Gasteiger partial charge is 0.495 e. The van der Waals surface area contributed by atoms with Gasteiger partial charge in [-0.2, -0.15) is 0 Å². The van der Waals surface area contributed by atoms with Crippen molar-refractivity contribution in [3.05, 3.63) is 18.2 Å². The molecule has 2 rings (SSSR count). The zero-order valence-corrected chi connectivity index (χ0v) is 13.1. The van der Waals surface area contributed by atoms with Crippen molar-refractivity contribution in [1.82, 2.24) is 0 Å². The number of hydrogen-bond acceptors (Lipinski definition) is 4. The lowest BCUT2D eigenvalue weighted by Crippen LogP contribution is -2.27. The average Bonchev–Trinajstić information content (AvgIpc) is 2.48. The topological polar surface area (TPSA) is 81.4 Å². The van der Waals surface area contributed by atoms with Gasteiger partial charge in [-0.05, 0) is 31.0 Å². The summed E-state index contributed by atoms with van der Waals surface area (Å²) < 4.78 is 17.4. The van der Waals surface area contributed by atoms with Gasteiger partial charge in [-0.3, -0.25) is 9.00 Å². The normalized spacial score (nSPS) is 17.2. The molecule has 1 aliphatic carbocycles. The Labute approximate surface area is 127 Å². The lowest BCUT2D eigenvalue weighted by atomic mass is 10.0. The van der Waals surface area contributed by atoms with Crippen molar-refractivity contribution >= 4 is 28.1 Å². The monoisotopic (exact) mass is 310 g/mol. The number of hydrogen-bond donors (Lipinski definition) is 2. The quantitative estimate of drug-likeness (QED) is 0.818. The Hall–Kier alpha value is -1.56. The Morgan fingerprint density at radius 1 is 1.38 bits per heavy atom. The Kier molecular flexibility index (Phi) is 5.61. The molecular weight excluding hydrogens is 288 g/mol. The molecule has 1 aliphatic rings. The fraction of sp³-hybridized carbons (Fsp3) is 0.533. The molecule has 0 bridgehead atoms. The minimum absolute atomic E-state index is 0.0304. The van der Waals surface area contributed by atoms with Crippen LogP contribution in [0.1, 0.15) is 32.1 Å². The molecule has 116 valence electrons. The highest BCUT2D eigenvalue weighted by atomic mass is 32.2. The van der Waals surface area contributed by atoms with Crippen molar-refractivity contribution < 1.29 is 13.7 Å². The van der Waals surface area contributed by atoms with Crippen LogP contribution in [0.5, 0.6) is 5.75 Å². The lowest BCUT2D eigenvalue weighted by Gasteiger charge is -2.20. The molecule has 1 unspecified atom stereocenters. The van der Waals surface area contributed by atoms with Gasteiger partial charge in [0.25, 0.3) is 0 Å². The molecule has 1 amide bonds. The van der Waals surface area contributed by atoms with E-state index >= 15 is 0 Å². The van der Waals surface area contributed by atoms with E-state index in [-0.39, 0.29) is 16.9 Å². The number of nitrogens with one attached hydrogen (secondary N) is 1. The third-order valence-corrected chi connectivity index (χ3v) is 5.46.